The minimum absolute atomic E-state index is 1.11. The lowest BCUT2D eigenvalue weighted by molar-refractivity contribution is -0.913. The van der Waals surface area contributed by atoms with Gasteiger partial charge in [0.1, 0.15) is 6.54 Å². The summed E-state index contributed by atoms with van der Waals surface area (Å²) in [6, 6.07) is 10.8. The lowest BCUT2D eigenvalue weighted by Crippen LogP contribution is -3.10. The average Bonchev–Trinajstić information content (AvgIpc) is 2.34. The summed E-state index contributed by atoms with van der Waals surface area (Å²) in [7, 11) is 0. The van der Waals surface area contributed by atoms with Crippen molar-refractivity contribution in [3.05, 3.63) is 35.9 Å². The zero-order valence-corrected chi connectivity index (χ0v) is 12.8. The fraction of sp³-hybridized carbons (Fsp3) is 0.538. The highest BCUT2D eigenvalue weighted by molar-refractivity contribution is 9.09. The molecule has 0 fully saturated rings. The van der Waals surface area contributed by atoms with Crippen molar-refractivity contribution in [1.29, 1.82) is 0 Å². The summed E-state index contributed by atoms with van der Waals surface area (Å²) < 4.78 is 0. The third kappa shape index (κ3) is 6.02. The topological polar surface area (TPSA) is 4.44 Å². The van der Waals surface area contributed by atoms with Crippen LogP contribution in [0.25, 0.3) is 0 Å². The summed E-state index contributed by atoms with van der Waals surface area (Å²) in [4.78, 5) is 1.69. The Morgan fingerprint density at radius 3 is 1.94 bits per heavy atom. The van der Waals surface area contributed by atoms with Gasteiger partial charge < -0.3 is 4.90 Å². The zero-order chi connectivity index (χ0) is 11.6. The Hall–Kier alpha value is 0.140. The maximum absolute atomic E-state index is 3.51. The van der Waals surface area contributed by atoms with E-state index in [1.54, 1.807) is 4.90 Å². The molecule has 0 spiro atoms. The molecule has 0 unspecified atom stereocenters. The summed E-state index contributed by atoms with van der Waals surface area (Å²) >= 11 is 7.02. The van der Waals surface area contributed by atoms with Gasteiger partial charge in [-0.25, -0.2) is 0 Å². The lowest BCUT2D eigenvalue weighted by Gasteiger charge is -2.18. The Kier molecular flexibility index (Phi) is 8.17. The van der Waals surface area contributed by atoms with E-state index in [1.165, 1.54) is 31.5 Å². The maximum Gasteiger partial charge on any atom is 0.103 e. The van der Waals surface area contributed by atoms with Crippen molar-refractivity contribution in [2.45, 2.75) is 19.4 Å². The fourth-order valence-electron chi connectivity index (χ4n) is 1.82. The molecule has 1 N–H and O–H groups in total. The molecular weight excluding hydrogens is 330 g/mol. The first-order valence-electron chi connectivity index (χ1n) is 5.86. The van der Waals surface area contributed by atoms with Crippen molar-refractivity contribution >= 4 is 31.9 Å². The summed E-state index contributed by atoms with van der Waals surface area (Å²) in [5.41, 5.74) is 1.45. The summed E-state index contributed by atoms with van der Waals surface area (Å²) in [6.07, 6.45) is 2.51. The van der Waals surface area contributed by atoms with Crippen LogP contribution in [0, 0.1) is 0 Å². The first kappa shape index (κ1) is 14.2. The highest BCUT2D eigenvalue weighted by Gasteiger charge is 2.08. The highest BCUT2D eigenvalue weighted by atomic mass is 79.9. The molecule has 1 aromatic rings. The van der Waals surface area contributed by atoms with Crippen LogP contribution in [0.4, 0.5) is 0 Å². The molecule has 0 heterocycles. The van der Waals surface area contributed by atoms with Crippen molar-refractivity contribution in [3.63, 3.8) is 0 Å². The van der Waals surface area contributed by atoms with E-state index in [9.17, 15) is 0 Å². The first-order chi connectivity index (χ1) is 7.86. The molecule has 1 rings (SSSR count). The van der Waals surface area contributed by atoms with Crippen LogP contribution in [0.1, 0.15) is 18.4 Å². The molecule has 90 valence electrons. The van der Waals surface area contributed by atoms with Gasteiger partial charge in [0.25, 0.3) is 0 Å². The molecule has 0 bridgehead atoms. The van der Waals surface area contributed by atoms with Gasteiger partial charge in [0.05, 0.1) is 13.1 Å². The molecule has 0 aliphatic carbocycles. The molecule has 3 heteroatoms. The van der Waals surface area contributed by atoms with E-state index in [-0.39, 0.29) is 0 Å². The third-order valence-electron chi connectivity index (χ3n) is 2.62. The number of alkyl halides is 2. The summed E-state index contributed by atoms with van der Waals surface area (Å²) in [5, 5.41) is 2.22. The van der Waals surface area contributed by atoms with Crippen molar-refractivity contribution < 1.29 is 4.90 Å². The Labute approximate surface area is 115 Å². The van der Waals surface area contributed by atoms with E-state index in [2.05, 4.69) is 62.2 Å². The van der Waals surface area contributed by atoms with Crippen LogP contribution in [-0.4, -0.2) is 23.7 Å². The predicted molar refractivity (Wildman–Crippen MR) is 77.7 cm³/mol. The van der Waals surface area contributed by atoms with Gasteiger partial charge in [-0.2, -0.15) is 0 Å². The Balaban J connectivity index is 2.42. The van der Waals surface area contributed by atoms with Crippen LogP contribution in [0.2, 0.25) is 0 Å². The first-order valence-corrected chi connectivity index (χ1v) is 8.10. The van der Waals surface area contributed by atoms with Gasteiger partial charge in [0, 0.05) is 29.1 Å². The second-order valence-electron chi connectivity index (χ2n) is 4.00. The smallest absolute Gasteiger partial charge is 0.103 e. The van der Waals surface area contributed by atoms with Gasteiger partial charge in [-0.1, -0.05) is 62.2 Å². The van der Waals surface area contributed by atoms with E-state index in [1.807, 2.05) is 0 Å². The molecule has 0 saturated carbocycles. The van der Waals surface area contributed by atoms with Gasteiger partial charge in [-0.15, -0.1) is 0 Å². The van der Waals surface area contributed by atoms with Crippen LogP contribution >= 0.6 is 31.9 Å². The molecule has 16 heavy (non-hydrogen) atoms. The molecule has 0 aliphatic heterocycles. The largest absolute Gasteiger partial charge is 0.331 e. The van der Waals surface area contributed by atoms with E-state index >= 15 is 0 Å². The molecule has 0 aliphatic rings. The second-order valence-corrected chi connectivity index (χ2v) is 5.58. The second kappa shape index (κ2) is 9.20. The van der Waals surface area contributed by atoms with Crippen molar-refractivity contribution in [3.8, 4) is 0 Å². The van der Waals surface area contributed by atoms with E-state index in [4.69, 9.17) is 0 Å². The van der Waals surface area contributed by atoms with Crippen LogP contribution < -0.4 is 4.90 Å². The Morgan fingerprint density at radius 1 is 0.875 bits per heavy atom. The standard InChI is InChI=1S/C13H19Br2N/c14-8-4-10-16(11-5-9-15)12-13-6-2-1-3-7-13/h1-3,6-7H,4-5,8-12H2/p+1. The highest BCUT2D eigenvalue weighted by Crippen LogP contribution is 1.96. The minimum atomic E-state index is 1.11. The van der Waals surface area contributed by atoms with Gasteiger partial charge >= 0.3 is 0 Å². The Morgan fingerprint density at radius 2 is 1.44 bits per heavy atom. The van der Waals surface area contributed by atoms with Crippen LogP contribution in [-0.2, 0) is 6.54 Å². The number of hydrogen-bond acceptors (Lipinski definition) is 0. The predicted octanol–water partition coefficient (Wildman–Crippen LogP) is 2.64. The molecule has 0 radical (unpaired) electrons. The monoisotopic (exact) mass is 348 g/mol. The van der Waals surface area contributed by atoms with Crippen LogP contribution in [0.15, 0.2) is 30.3 Å². The average molecular weight is 350 g/mol. The third-order valence-corrected chi connectivity index (χ3v) is 3.75. The molecular formula is C13H20Br2N+. The van der Waals surface area contributed by atoms with E-state index < -0.39 is 0 Å². The van der Waals surface area contributed by atoms with Gasteiger partial charge in [0.2, 0.25) is 0 Å². The van der Waals surface area contributed by atoms with Gasteiger partial charge in [-0.3, -0.25) is 0 Å². The molecule has 0 atom stereocenters. The van der Waals surface area contributed by atoms with Crippen molar-refractivity contribution in [1.82, 2.24) is 0 Å². The molecule has 0 amide bonds. The summed E-state index contributed by atoms with van der Waals surface area (Å²) in [6.45, 7) is 3.67. The number of halogens is 2. The van der Waals surface area contributed by atoms with Crippen molar-refractivity contribution in [2.75, 3.05) is 23.7 Å². The fourth-order valence-corrected chi connectivity index (χ4v) is 2.38. The Bertz CT molecular complexity index is 256. The number of rotatable bonds is 8. The molecule has 1 nitrogen and oxygen atoms in total. The van der Waals surface area contributed by atoms with E-state index in [0.29, 0.717) is 0 Å². The number of nitrogens with one attached hydrogen (secondary N) is 1. The van der Waals surface area contributed by atoms with E-state index in [0.717, 1.165) is 17.2 Å². The van der Waals surface area contributed by atoms with Crippen LogP contribution in [0.3, 0.4) is 0 Å². The molecule has 1 aromatic carbocycles. The number of quaternary nitrogens is 1. The number of hydrogen-bond donors (Lipinski definition) is 1. The van der Waals surface area contributed by atoms with Gasteiger partial charge in [-0.05, 0) is 0 Å². The molecule has 0 aromatic heterocycles. The molecule has 0 saturated heterocycles. The quantitative estimate of drug-likeness (QED) is 0.688. The summed E-state index contributed by atoms with van der Waals surface area (Å²) in [5.74, 6) is 0. The normalized spacial score (nSPS) is 10.9. The van der Waals surface area contributed by atoms with Gasteiger partial charge in [0.15, 0.2) is 0 Å². The zero-order valence-electron chi connectivity index (χ0n) is 9.59. The number of benzene rings is 1. The lowest BCUT2D eigenvalue weighted by atomic mass is 10.2. The van der Waals surface area contributed by atoms with Crippen LogP contribution in [0.5, 0.6) is 0 Å². The van der Waals surface area contributed by atoms with Crippen molar-refractivity contribution in [2.24, 2.45) is 0 Å². The minimum Gasteiger partial charge on any atom is -0.331 e. The SMILES string of the molecule is BrCCC[NH+](CCCBr)Cc1ccccc1. The maximum atomic E-state index is 3.51.